The fourth-order valence-corrected chi connectivity index (χ4v) is 2.47. The molecule has 0 aliphatic carbocycles. The van der Waals surface area contributed by atoms with E-state index in [0.717, 1.165) is 30.0 Å². The molecule has 1 aromatic heterocycles. The molecule has 0 atom stereocenters. The number of Topliss-reactive ketones (excluding diaryl/α,β-unsaturated/α-hetero) is 1. The van der Waals surface area contributed by atoms with Crippen molar-refractivity contribution >= 4 is 29.1 Å². The van der Waals surface area contributed by atoms with Gasteiger partial charge in [0.1, 0.15) is 16.6 Å². The molecule has 1 heterocycles. The third kappa shape index (κ3) is 3.45. The van der Waals surface area contributed by atoms with Crippen LogP contribution >= 0.6 is 23.4 Å². The van der Waals surface area contributed by atoms with Gasteiger partial charge in [0.15, 0.2) is 5.78 Å². The molecule has 0 aliphatic rings. The Labute approximate surface area is 118 Å². The smallest absolute Gasteiger partial charge is 0.176 e. The summed E-state index contributed by atoms with van der Waals surface area (Å²) in [5.74, 6) is -1.17. The lowest BCUT2D eigenvalue weighted by Crippen LogP contribution is -2.03. The first-order valence-electron chi connectivity index (χ1n) is 5.33. The van der Waals surface area contributed by atoms with E-state index >= 15 is 0 Å². The van der Waals surface area contributed by atoms with E-state index in [4.69, 9.17) is 11.6 Å². The van der Waals surface area contributed by atoms with Crippen molar-refractivity contribution < 1.29 is 14.3 Å². The van der Waals surface area contributed by atoms with Crippen LogP contribution < -0.4 is 0 Å². The third-order valence-electron chi connectivity index (χ3n) is 2.32. The minimum atomic E-state index is -0.568. The van der Waals surface area contributed by atoms with Crippen molar-refractivity contribution in [3.63, 3.8) is 0 Å². The van der Waals surface area contributed by atoms with Gasteiger partial charge in [-0.25, -0.2) is 9.37 Å². The predicted molar refractivity (Wildman–Crippen MR) is 72.4 cm³/mol. The van der Waals surface area contributed by atoms with E-state index in [9.17, 15) is 14.3 Å². The van der Waals surface area contributed by atoms with Crippen molar-refractivity contribution in [2.45, 2.75) is 5.03 Å². The number of nitrogens with zero attached hydrogens (tertiary/aromatic N) is 1. The zero-order valence-electron chi connectivity index (χ0n) is 9.64. The average molecular weight is 298 g/mol. The lowest BCUT2D eigenvalue weighted by Gasteiger charge is -2.04. The van der Waals surface area contributed by atoms with Crippen molar-refractivity contribution in [1.29, 1.82) is 0 Å². The molecule has 0 bridgehead atoms. The SMILES string of the molecule is O=C(CSc1ncccc1Cl)c1cc(F)ccc1O. The Hall–Kier alpha value is -1.59. The topological polar surface area (TPSA) is 50.2 Å². The summed E-state index contributed by atoms with van der Waals surface area (Å²) < 4.78 is 13.0. The second-order valence-electron chi connectivity index (χ2n) is 3.66. The van der Waals surface area contributed by atoms with Crippen LogP contribution in [0, 0.1) is 5.82 Å². The number of carbonyl (C=O) groups excluding carboxylic acids is 1. The second-order valence-corrected chi connectivity index (χ2v) is 5.03. The molecule has 0 amide bonds. The van der Waals surface area contributed by atoms with Gasteiger partial charge in [-0.05, 0) is 30.3 Å². The highest BCUT2D eigenvalue weighted by Gasteiger charge is 2.13. The zero-order chi connectivity index (χ0) is 13.8. The summed E-state index contributed by atoms with van der Waals surface area (Å²) in [6.07, 6.45) is 1.57. The van der Waals surface area contributed by atoms with Crippen LogP contribution in [0.15, 0.2) is 41.6 Å². The molecule has 0 saturated carbocycles. The van der Waals surface area contributed by atoms with Crippen LogP contribution in [0.1, 0.15) is 10.4 Å². The Kier molecular flexibility index (Phi) is 4.39. The third-order valence-corrected chi connectivity index (χ3v) is 3.75. The van der Waals surface area contributed by atoms with Gasteiger partial charge in [-0.1, -0.05) is 23.4 Å². The van der Waals surface area contributed by atoms with E-state index in [1.807, 2.05) is 0 Å². The molecule has 2 aromatic rings. The highest BCUT2D eigenvalue weighted by Crippen LogP contribution is 2.26. The highest BCUT2D eigenvalue weighted by molar-refractivity contribution is 8.00. The Morgan fingerprint density at radius 3 is 2.95 bits per heavy atom. The number of pyridine rings is 1. The van der Waals surface area contributed by atoms with Crippen LogP contribution in [-0.4, -0.2) is 21.6 Å². The first kappa shape index (κ1) is 13.8. The van der Waals surface area contributed by atoms with E-state index in [-0.39, 0.29) is 22.8 Å². The number of benzene rings is 1. The van der Waals surface area contributed by atoms with Crippen molar-refractivity contribution in [1.82, 2.24) is 4.98 Å². The number of thioether (sulfide) groups is 1. The average Bonchev–Trinajstić information content (AvgIpc) is 2.40. The lowest BCUT2D eigenvalue weighted by molar-refractivity contribution is 0.101. The summed E-state index contributed by atoms with van der Waals surface area (Å²) in [6.45, 7) is 0. The van der Waals surface area contributed by atoms with Crippen LogP contribution in [0.3, 0.4) is 0 Å². The largest absolute Gasteiger partial charge is 0.507 e. The van der Waals surface area contributed by atoms with E-state index in [1.54, 1.807) is 18.3 Å². The Bertz CT molecular complexity index is 621. The molecule has 6 heteroatoms. The van der Waals surface area contributed by atoms with Crippen LogP contribution in [0.5, 0.6) is 5.75 Å². The highest BCUT2D eigenvalue weighted by atomic mass is 35.5. The van der Waals surface area contributed by atoms with E-state index < -0.39 is 5.82 Å². The molecular formula is C13H9ClFNO2S. The van der Waals surface area contributed by atoms with Gasteiger partial charge in [-0.2, -0.15) is 0 Å². The summed E-state index contributed by atoms with van der Waals surface area (Å²) in [7, 11) is 0. The number of halogens is 2. The molecule has 3 nitrogen and oxygen atoms in total. The fourth-order valence-electron chi connectivity index (χ4n) is 1.42. The summed E-state index contributed by atoms with van der Waals surface area (Å²) in [4.78, 5) is 15.9. The van der Waals surface area contributed by atoms with Crippen LogP contribution in [-0.2, 0) is 0 Å². The molecule has 0 spiro atoms. The second kappa shape index (κ2) is 6.04. The summed E-state index contributed by atoms with van der Waals surface area (Å²) >= 11 is 7.04. The van der Waals surface area contributed by atoms with Gasteiger partial charge in [-0.3, -0.25) is 4.79 Å². The fraction of sp³-hybridized carbons (Fsp3) is 0.0769. The molecule has 98 valence electrons. The number of ketones is 1. The molecule has 0 saturated heterocycles. The molecule has 2 rings (SSSR count). The van der Waals surface area contributed by atoms with Crippen LogP contribution in [0.25, 0.3) is 0 Å². The van der Waals surface area contributed by atoms with Gasteiger partial charge in [0.25, 0.3) is 0 Å². The number of aromatic hydroxyl groups is 1. The van der Waals surface area contributed by atoms with Crippen molar-refractivity contribution in [3.8, 4) is 5.75 Å². The molecule has 0 radical (unpaired) electrons. The number of hydrogen-bond donors (Lipinski definition) is 1. The molecule has 19 heavy (non-hydrogen) atoms. The van der Waals surface area contributed by atoms with Gasteiger partial charge in [0.05, 0.1) is 16.3 Å². The first-order chi connectivity index (χ1) is 9.08. The maximum atomic E-state index is 13.0. The summed E-state index contributed by atoms with van der Waals surface area (Å²) in [5, 5.41) is 10.5. The van der Waals surface area contributed by atoms with E-state index in [2.05, 4.69) is 4.98 Å². The molecule has 0 aliphatic heterocycles. The molecule has 1 aromatic carbocycles. The number of phenols is 1. The quantitative estimate of drug-likeness (QED) is 0.692. The molecule has 1 N–H and O–H groups in total. The minimum absolute atomic E-state index is 0.0216. The van der Waals surface area contributed by atoms with Crippen LogP contribution in [0.2, 0.25) is 5.02 Å². The maximum Gasteiger partial charge on any atom is 0.176 e. The lowest BCUT2D eigenvalue weighted by atomic mass is 10.1. The number of hydrogen-bond acceptors (Lipinski definition) is 4. The standard InChI is InChI=1S/C13H9ClFNO2S/c14-10-2-1-5-16-13(10)19-7-12(18)9-6-8(15)3-4-11(9)17/h1-6,17H,7H2. The van der Waals surface area contributed by atoms with E-state index in [0.29, 0.717) is 10.0 Å². The first-order valence-corrected chi connectivity index (χ1v) is 6.69. The van der Waals surface area contributed by atoms with Gasteiger partial charge in [0, 0.05) is 6.20 Å². The van der Waals surface area contributed by atoms with Gasteiger partial charge in [-0.15, -0.1) is 0 Å². The number of rotatable bonds is 4. The maximum absolute atomic E-state index is 13.0. The summed E-state index contributed by atoms with van der Waals surface area (Å²) in [5.41, 5.74) is -0.0421. The Morgan fingerprint density at radius 1 is 1.42 bits per heavy atom. The monoisotopic (exact) mass is 297 g/mol. The number of phenolic OH excluding ortho intramolecular Hbond substituents is 1. The number of carbonyl (C=O) groups is 1. The predicted octanol–water partition coefficient (Wildman–Crippen LogP) is 3.55. The zero-order valence-corrected chi connectivity index (χ0v) is 11.2. The minimum Gasteiger partial charge on any atom is -0.507 e. The van der Waals surface area contributed by atoms with E-state index in [1.165, 1.54) is 0 Å². The van der Waals surface area contributed by atoms with Crippen molar-refractivity contribution in [3.05, 3.63) is 52.9 Å². The molecule has 0 fully saturated rings. The van der Waals surface area contributed by atoms with Crippen LogP contribution in [0.4, 0.5) is 4.39 Å². The molecule has 0 unspecified atom stereocenters. The van der Waals surface area contributed by atoms with Crippen molar-refractivity contribution in [2.24, 2.45) is 0 Å². The molecular weight excluding hydrogens is 289 g/mol. The Balaban J connectivity index is 2.10. The summed E-state index contributed by atoms with van der Waals surface area (Å²) in [6, 6.07) is 6.61. The van der Waals surface area contributed by atoms with Gasteiger partial charge < -0.3 is 5.11 Å². The normalized spacial score (nSPS) is 10.4. The van der Waals surface area contributed by atoms with Crippen molar-refractivity contribution in [2.75, 3.05) is 5.75 Å². The Morgan fingerprint density at radius 2 is 2.21 bits per heavy atom. The van der Waals surface area contributed by atoms with Gasteiger partial charge in [0.2, 0.25) is 0 Å². The van der Waals surface area contributed by atoms with Gasteiger partial charge >= 0.3 is 0 Å². The number of aromatic nitrogens is 1.